The van der Waals surface area contributed by atoms with E-state index in [0.717, 1.165) is 5.56 Å². The van der Waals surface area contributed by atoms with Crippen LogP contribution in [0.15, 0.2) is 53.7 Å². The number of amides is 2. The van der Waals surface area contributed by atoms with Gasteiger partial charge in [-0.1, -0.05) is 29.5 Å². The maximum atomic E-state index is 12.6. The van der Waals surface area contributed by atoms with Gasteiger partial charge in [0.25, 0.3) is 5.91 Å². The number of esters is 1. The van der Waals surface area contributed by atoms with Crippen LogP contribution in [0.1, 0.15) is 52.0 Å². The molecule has 178 valence electrons. The van der Waals surface area contributed by atoms with Gasteiger partial charge in [0, 0.05) is 17.8 Å². The molecule has 10 heteroatoms. The average molecular weight is 482 g/mol. The number of rotatable bonds is 9. The van der Waals surface area contributed by atoms with Gasteiger partial charge in [-0.3, -0.25) is 9.59 Å². The van der Waals surface area contributed by atoms with Crippen LogP contribution in [0.25, 0.3) is 0 Å². The lowest BCUT2D eigenvalue weighted by Gasteiger charge is -2.15. The van der Waals surface area contributed by atoms with E-state index in [1.54, 1.807) is 36.4 Å². The highest BCUT2D eigenvalue weighted by atomic mass is 32.2. The van der Waals surface area contributed by atoms with E-state index >= 15 is 0 Å². The Morgan fingerprint density at radius 3 is 2.29 bits per heavy atom. The van der Waals surface area contributed by atoms with Crippen LogP contribution >= 0.6 is 11.8 Å². The summed E-state index contributed by atoms with van der Waals surface area (Å²) in [4.78, 5) is 36.5. The average Bonchev–Trinajstić information content (AvgIpc) is 3.26. The minimum Gasteiger partial charge on any atom is -0.465 e. The Morgan fingerprint density at radius 1 is 1.03 bits per heavy atom. The number of methoxy groups -OCH3 is 1. The van der Waals surface area contributed by atoms with Crippen molar-refractivity contribution in [2.75, 3.05) is 18.2 Å². The van der Waals surface area contributed by atoms with E-state index in [9.17, 15) is 14.4 Å². The van der Waals surface area contributed by atoms with Crippen molar-refractivity contribution in [3.8, 4) is 0 Å². The minimum absolute atomic E-state index is 0.126. The highest BCUT2D eigenvalue weighted by Gasteiger charge is 2.20. The van der Waals surface area contributed by atoms with Crippen molar-refractivity contribution in [2.24, 2.45) is 0 Å². The fourth-order valence-corrected chi connectivity index (χ4v) is 4.02. The molecule has 0 aliphatic heterocycles. The summed E-state index contributed by atoms with van der Waals surface area (Å²) in [6.07, 6.45) is 0. The van der Waals surface area contributed by atoms with Gasteiger partial charge in [0.1, 0.15) is 0 Å². The topological polar surface area (TPSA) is 115 Å². The number of carbonyl (C=O) groups is 3. The zero-order chi connectivity index (χ0) is 24.7. The second-order valence-electron chi connectivity index (χ2n) is 7.55. The van der Waals surface area contributed by atoms with Crippen LogP contribution in [-0.4, -0.2) is 45.4 Å². The van der Waals surface area contributed by atoms with Gasteiger partial charge in [0.15, 0.2) is 11.0 Å². The second kappa shape index (κ2) is 11.5. The van der Waals surface area contributed by atoms with E-state index in [1.807, 2.05) is 37.5 Å². The molecule has 2 amide bonds. The largest absolute Gasteiger partial charge is 0.465 e. The molecule has 0 aliphatic carbocycles. The third kappa shape index (κ3) is 6.22. The highest BCUT2D eigenvalue weighted by molar-refractivity contribution is 7.99. The van der Waals surface area contributed by atoms with Crippen molar-refractivity contribution in [3.05, 3.63) is 71.0 Å². The molecule has 0 saturated carbocycles. The van der Waals surface area contributed by atoms with Crippen LogP contribution in [-0.2, 0) is 16.1 Å². The van der Waals surface area contributed by atoms with Gasteiger partial charge in [-0.15, -0.1) is 10.2 Å². The molecule has 0 spiro atoms. The molecule has 1 aromatic heterocycles. The molecule has 2 aromatic carbocycles. The Morgan fingerprint density at radius 2 is 1.68 bits per heavy atom. The number of nitrogens with zero attached hydrogens (tertiary/aromatic N) is 3. The predicted molar refractivity (Wildman–Crippen MR) is 130 cm³/mol. The monoisotopic (exact) mass is 481 g/mol. The zero-order valence-corrected chi connectivity index (χ0v) is 20.3. The number of hydrogen-bond acceptors (Lipinski definition) is 7. The van der Waals surface area contributed by atoms with Gasteiger partial charge in [0.05, 0.1) is 24.5 Å². The molecule has 0 radical (unpaired) electrons. The molecule has 0 fully saturated rings. The van der Waals surface area contributed by atoms with E-state index < -0.39 is 5.97 Å². The number of hydrogen-bond donors (Lipinski definition) is 2. The number of aryl methyl sites for hydroxylation is 1. The molecular weight excluding hydrogens is 454 g/mol. The lowest BCUT2D eigenvalue weighted by Crippen LogP contribution is -2.28. The summed E-state index contributed by atoms with van der Waals surface area (Å²) in [6.45, 7) is 6.36. The summed E-state index contributed by atoms with van der Waals surface area (Å²) in [7, 11) is 1.31. The third-order valence-electron chi connectivity index (χ3n) is 5.03. The molecule has 3 rings (SSSR count). The Hall–Kier alpha value is -3.66. The van der Waals surface area contributed by atoms with Crippen LogP contribution in [0.4, 0.5) is 5.69 Å². The Labute approximate surface area is 202 Å². The first-order valence-electron chi connectivity index (χ1n) is 10.7. The van der Waals surface area contributed by atoms with Crippen molar-refractivity contribution in [2.45, 2.75) is 38.5 Å². The van der Waals surface area contributed by atoms with E-state index in [2.05, 4.69) is 25.6 Å². The van der Waals surface area contributed by atoms with Gasteiger partial charge in [0.2, 0.25) is 5.91 Å². The van der Waals surface area contributed by atoms with Crippen molar-refractivity contribution >= 4 is 35.2 Å². The fraction of sp³-hybridized carbons (Fsp3) is 0.292. The first-order chi connectivity index (χ1) is 16.3. The lowest BCUT2D eigenvalue weighted by molar-refractivity contribution is -0.113. The molecule has 2 N–H and O–H groups in total. The summed E-state index contributed by atoms with van der Waals surface area (Å²) < 4.78 is 6.54. The predicted octanol–water partition coefficient (Wildman–Crippen LogP) is 3.61. The number of ether oxygens (including phenoxy) is 1. The summed E-state index contributed by atoms with van der Waals surface area (Å²) >= 11 is 1.26. The summed E-state index contributed by atoms with van der Waals surface area (Å²) in [5, 5.41) is 14.8. The SMILES string of the molecule is CCn1c(SCC(=O)Nc2ccc(C(=O)OC)cc2)nnc1[C@H](C)NC(=O)c1ccc(C)cc1. The Balaban J connectivity index is 1.59. The molecular formula is C24H27N5O4S. The Kier molecular flexibility index (Phi) is 8.42. The smallest absolute Gasteiger partial charge is 0.337 e. The molecule has 0 bridgehead atoms. The molecule has 3 aromatic rings. The summed E-state index contributed by atoms with van der Waals surface area (Å²) in [5.74, 6) is -0.105. The van der Waals surface area contributed by atoms with Crippen LogP contribution in [0.3, 0.4) is 0 Å². The molecule has 0 saturated heterocycles. The van der Waals surface area contributed by atoms with Crippen molar-refractivity contribution in [1.29, 1.82) is 0 Å². The maximum Gasteiger partial charge on any atom is 0.337 e. The van der Waals surface area contributed by atoms with Gasteiger partial charge >= 0.3 is 5.97 Å². The standard InChI is InChI=1S/C24H27N5O4S/c1-5-29-21(16(3)25-22(31)17-8-6-15(2)7-9-17)27-28-24(29)34-14-20(30)26-19-12-10-18(11-13-19)23(32)33-4/h6-13,16H,5,14H2,1-4H3,(H,25,31)(H,26,30)/t16-/m0/s1. The molecule has 0 unspecified atom stereocenters. The molecule has 1 atom stereocenters. The van der Waals surface area contributed by atoms with Crippen molar-refractivity contribution < 1.29 is 19.1 Å². The van der Waals surface area contributed by atoms with E-state index in [1.165, 1.54) is 18.9 Å². The first kappa shape index (κ1) is 25.0. The molecule has 0 aliphatic rings. The van der Waals surface area contributed by atoms with Gasteiger partial charge < -0.3 is 19.9 Å². The lowest BCUT2D eigenvalue weighted by atomic mass is 10.1. The fourth-order valence-electron chi connectivity index (χ4n) is 3.21. The van der Waals surface area contributed by atoms with Crippen LogP contribution in [0.5, 0.6) is 0 Å². The molecule has 34 heavy (non-hydrogen) atoms. The summed E-state index contributed by atoms with van der Waals surface area (Å²) in [5.41, 5.74) is 2.63. The molecule has 9 nitrogen and oxygen atoms in total. The van der Waals surface area contributed by atoms with E-state index in [-0.39, 0.29) is 23.6 Å². The van der Waals surface area contributed by atoms with Crippen molar-refractivity contribution in [1.82, 2.24) is 20.1 Å². The zero-order valence-electron chi connectivity index (χ0n) is 19.5. The van der Waals surface area contributed by atoms with Gasteiger partial charge in [-0.05, 0) is 57.2 Å². The summed E-state index contributed by atoms with van der Waals surface area (Å²) in [6, 6.07) is 13.4. The van der Waals surface area contributed by atoms with Crippen molar-refractivity contribution in [3.63, 3.8) is 0 Å². The highest BCUT2D eigenvalue weighted by Crippen LogP contribution is 2.21. The maximum absolute atomic E-state index is 12.6. The number of thioether (sulfide) groups is 1. The second-order valence-corrected chi connectivity index (χ2v) is 8.49. The van der Waals surface area contributed by atoms with E-state index in [0.29, 0.717) is 34.3 Å². The Bertz CT molecular complexity index is 1160. The minimum atomic E-state index is -0.438. The van der Waals surface area contributed by atoms with Crippen LogP contribution < -0.4 is 10.6 Å². The van der Waals surface area contributed by atoms with Crippen LogP contribution in [0, 0.1) is 6.92 Å². The van der Waals surface area contributed by atoms with Gasteiger partial charge in [-0.2, -0.15) is 0 Å². The molecule has 1 heterocycles. The number of carbonyl (C=O) groups excluding carboxylic acids is 3. The van der Waals surface area contributed by atoms with E-state index in [4.69, 9.17) is 0 Å². The third-order valence-corrected chi connectivity index (χ3v) is 6.00. The number of aromatic nitrogens is 3. The number of nitrogens with one attached hydrogen (secondary N) is 2. The first-order valence-corrected chi connectivity index (χ1v) is 11.7. The quantitative estimate of drug-likeness (QED) is 0.354. The number of anilines is 1. The normalized spacial score (nSPS) is 11.5. The van der Waals surface area contributed by atoms with Crippen LogP contribution in [0.2, 0.25) is 0 Å². The van der Waals surface area contributed by atoms with Gasteiger partial charge in [-0.25, -0.2) is 4.79 Å². The number of benzene rings is 2.